The first-order valence-electron chi connectivity index (χ1n) is 13.2. The van der Waals surface area contributed by atoms with Crippen LogP contribution in [0.25, 0.3) is 70.9 Å². The summed E-state index contributed by atoms with van der Waals surface area (Å²) in [5.74, 6) is 0. The molecule has 0 saturated carbocycles. The highest BCUT2D eigenvalue weighted by molar-refractivity contribution is 6.11. The highest BCUT2D eigenvalue weighted by Gasteiger charge is 2.16. The van der Waals surface area contributed by atoms with Crippen molar-refractivity contribution >= 4 is 54.1 Å². The van der Waals surface area contributed by atoms with E-state index in [2.05, 4.69) is 132 Å². The first kappa shape index (κ1) is 21.7. The summed E-state index contributed by atoms with van der Waals surface area (Å²) in [7, 11) is 0. The summed E-state index contributed by atoms with van der Waals surface area (Å²) in [5.41, 5.74) is 6.14. The van der Waals surface area contributed by atoms with Gasteiger partial charge in [-0.2, -0.15) is 5.26 Å². The molecular weight excluding hydrogens is 472 g/mol. The maximum absolute atomic E-state index is 10.3. The summed E-state index contributed by atoms with van der Waals surface area (Å²) in [6.07, 6.45) is 0. The number of nitrogens with zero attached hydrogens (tertiary/aromatic N) is 2. The average Bonchev–Trinajstić information content (AvgIpc) is 3.32. The van der Waals surface area contributed by atoms with Gasteiger partial charge in [0.15, 0.2) is 0 Å². The molecule has 0 amide bonds. The molecule has 0 aliphatic carbocycles. The number of fused-ring (bicyclic) bond motifs is 6. The number of hydrogen-bond donors (Lipinski definition) is 0. The second kappa shape index (κ2) is 8.31. The molecule has 7 aromatic carbocycles. The lowest BCUT2D eigenvalue weighted by molar-refractivity contribution is 1.17. The van der Waals surface area contributed by atoms with Gasteiger partial charge in [0.2, 0.25) is 0 Å². The Balaban J connectivity index is 1.42. The number of aromatic nitrogens is 1. The molecule has 0 saturated heterocycles. The van der Waals surface area contributed by atoms with E-state index in [1.54, 1.807) is 0 Å². The maximum atomic E-state index is 10.3. The van der Waals surface area contributed by atoms with E-state index in [9.17, 15) is 5.26 Å². The average molecular weight is 495 g/mol. The molecule has 39 heavy (non-hydrogen) atoms. The van der Waals surface area contributed by atoms with Gasteiger partial charge in [0.1, 0.15) is 6.07 Å². The van der Waals surface area contributed by atoms with Crippen LogP contribution in [0.3, 0.4) is 0 Å². The third-order valence-electron chi connectivity index (χ3n) is 7.92. The van der Waals surface area contributed by atoms with E-state index < -0.39 is 0 Å². The van der Waals surface area contributed by atoms with Crippen LogP contribution in [-0.4, -0.2) is 4.57 Å². The lowest BCUT2D eigenvalue weighted by Gasteiger charge is -2.13. The quantitative estimate of drug-likeness (QED) is 0.220. The van der Waals surface area contributed by atoms with Crippen molar-refractivity contribution < 1.29 is 0 Å². The van der Waals surface area contributed by atoms with Crippen LogP contribution in [-0.2, 0) is 0 Å². The van der Waals surface area contributed by atoms with Crippen LogP contribution in [0.1, 0.15) is 5.56 Å². The second-order valence-corrected chi connectivity index (χ2v) is 10.2. The molecular formula is C37H22N2. The van der Waals surface area contributed by atoms with Crippen LogP contribution < -0.4 is 0 Å². The topological polar surface area (TPSA) is 28.7 Å². The number of para-hydroxylation sites is 1. The normalized spacial score (nSPS) is 11.6. The summed E-state index contributed by atoms with van der Waals surface area (Å²) in [6, 6.07) is 49.7. The Morgan fingerprint density at radius 3 is 1.77 bits per heavy atom. The van der Waals surface area contributed by atoms with Gasteiger partial charge >= 0.3 is 0 Å². The summed E-state index contributed by atoms with van der Waals surface area (Å²) >= 11 is 0. The van der Waals surface area contributed by atoms with Gasteiger partial charge in [-0.3, -0.25) is 0 Å². The van der Waals surface area contributed by atoms with Gasteiger partial charge in [0, 0.05) is 10.8 Å². The lowest BCUT2D eigenvalue weighted by Crippen LogP contribution is -1.98. The third-order valence-corrected chi connectivity index (χ3v) is 7.92. The molecule has 1 aromatic heterocycles. The standard InChI is InChI=1S/C37H22N2/c38-23-32-20-30-18-28-16-25-10-4-5-11-26(25)17-29(28)19-31(30)22-37(32)39-35-13-7-6-12-33(35)34-21-27(14-15-36(34)39)24-8-2-1-3-9-24/h1-22H. The van der Waals surface area contributed by atoms with Gasteiger partial charge < -0.3 is 4.57 Å². The molecule has 0 unspecified atom stereocenters. The predicted molar refractivity (Wildman–Crippen MR) is 163 cm³/mol. The zero-order chi connectivity index (χ0) is 25.9. The van der Waals surface area contributed by atoms with Gasteiger partial charge in [-0.25, -0.2) is 0 Å². The minimum atomic E-state index is 0.664. The molecule has 180 valence electrons. The van der Waals surface area contributed by atoms with E-state index in [0.29, 0.717) is 5.56 Å². The van der Waals surface area contributed by atoms with E-state index in [-0.39, 0.29) is 0 Å². The van der Waals surface area contributed by atoms with Crippen LogP contribution in [0.4, 0.5) is 0 Å². The fourth-order valence-electron chi connectivity index (χ4n) is 6.05. The van der Waals surface area contributed by atoms with Gasteiger partial charge in [0.05, 0.1) is 22.3 Å². The van der Waals surface area contributed by atoms with Crippen molar-refractivity contribution in [2.45, 2.75) is 0 Å². The minimum Gasteiger partial charge on any atom is -0.308 e. The van der Waals surface area contributed by atoms with Crippen LogP contribution >= 0.6 is 0 Å². The van der Waals surface area contributed by atoms with Gasteiger partial charge in [-0.1, -0.05) is 78.9 Å². The van der Waals surface area contributed by atoms with Crippen molar-refractivity contribution in [2.75, 3.05) is 0 Å². The van der Waals surface area contributed by atoms with Gasteiger partial charge in [-0.15, -0.1) is 0 Å². The molecule has 0 aliphatic rings. The molecule has 0 bridgehead atoms. The number of rotatable bonds is 2. The summed E-state index contributed by atoms with van der Waals surface area (Å²) < 4.78 is 2.25. The van der Waals surface area contributed by atoms with E-state index in [0.717, 1.165) is 27.5 Å². The van der Waals surface area contributed by atoms with Crippen molar-refractivity contribution in [3.05, 3.63) is 139 Å². The molecule has 0 aliphatic heterocycles. The molecule has 0 atom stereocenters. The minimum absolute atomic E-state index is 0.664. The highest BCUT2D eigenvalue weighted by Crippen LogP contribution is 2.37. The molecule has 8 rings (SSSR count). The van der Waals surface area contributed by atoms with Crippen molar-refractivity contribution in [2.24, 2.45) is 0 Å². The molecule has 8 aromatic rings. The van der Waals surface area contributed by atoms with E-state index in [4.69, 9.17) is 0 Å². The van der Waals surface area contributed by atoms with E-state index in [1.165, 1.54) is 43.4 Å². The summed E-state index contributed by atoms with van der Waals surface area (Å²) in [5, 5.41) is 19.7. The molecule has 0 fully saturated rings. The third kappa shape index (κ3) is 3.34. The second-order valence-electron chi connectivity index (χ2n) is 10.2. The van der Waals surface area contributed by atoms with E-state index in [1.807, 2.05) is 12.1 Å². The Kier molecular flexibility index (Phi) is 4.62. The predicted octanol–water partition coefficient (Wildman–Crippen LogP) is 9.78. The maximum Gasteiger partial charge on any atom is 0.101 e. The Hall–Kier alpha value is -5.39. The fourth-order valence-corrected chi connectivity index (χ4v) is 6.05. The van der Waals surface area contributed by atoms with Crippen molar-refractivity contribution in [3.63, 3.8) is 0 Å². The summed E-state index contributed by atoms with van der Waals surface area (Å²) in [6.45, 7) is 0. The monoisotopic (exact) mass is 494 g/mol. The van der Waals surface area contributed by atoms with E-state index >= 15 is 0 Å². The Bertz CT molecular complexity index is 2280. The van der Waals surface area contributed by atoms with Crippen LogP contribution in [0.5, 0.6) is 0 Å². The number of hydrogen-bond acceptors (Lipinski definition) is 1. The fraction of sp³-hybridized carbons (Fsp3) is 0. The zero-order valence-electron chi connectivity index (χ0n) is 21.1. The molecule has 0 spiro atoms. The molecule has 0 radical (unpaired) electrons. The van der Waals surface area contributed by atoms with Crippen molar-refractivity contribution in [1.82, 2.24) is 4.57 Å². The SMILES string of the molecule is N#Cc1cc2cc3cc4ccccc4cc3cc2cc1-n1c2ccccc2c2cc(-c3ccccc3)ccc21. The Labute approximate surface area is 225 Å². The van der Waals surface area contributed by atoms with Crippen LogP contribution in [0.15, 0.2) is 133 Å². The van der Waals surface area contributed by atoms with Gasteiger partial charge in [0.25, 0.3) is 0 Å². The first-order chi connectivity index (χ1) is 19.3. The molecule has 2 heteroatoms. The Morgan fingerprint density at radius 1 is 0.436 bits per heavy atom. The molecule has 0 N–H and O–H groups in total. The smallest absolute Gasteiger partial charge is 0.101 e. The molecule has 2 nitrogen and oxygen atoms in total. The Morgan fingerprint density at radius 2 is 1.03 bits per heavy atom. The highest BCUT2D eigenvalue weighted by atomic mass is 15.0. The largest absolute Gasteiger partial charge is 0.308 e. The lowest BCUT2D eigenvalue weighted by atomic mass is 9.98. The van der Waals surface area contributed by atoms with Crippen LogP contribution in [0, 0.1) is 11.3 Å². The van der Waals surface area contributed by atoms with Crippen LogP contribution in [0.2, 0.25) is 0 Å². The first-order valence-corrected chi connectivity index (χ1v) is 13.2. The van der Waals surface area contributed by atoms with Gasteiger partial charge in [-0.05, 0) is 98.0 Å². The zero-order valence-corrected chi connectivity index (χ0v) is 21.1. The number of benzene rings is 7. The van der Waals surface area contributed by atoms with Crippen molar-refractivity contribution in [3.8, 4) is 22.9 Å². The number of nitriles is 1. The molecule has 1 heterocycles. The van der Waals surface area contributed by atoms with Crippen molar-refractivity contribution in [1.29, 1.82) is 5.26 Å². The summed E-state index contributed by atoms with van der Waals surface area (Å²) in [4.78, 5) is 0.